The van der Waals surface area contributed by atoms with E-state index in [0.717, 1.165) is 18.4 Å². The molecule has 3 rings (SSSR count). The van der Waals surface area contributed by atoms with Crippen LogP contribution in [0.15, 0.2) is 48.4 Å². The molecule has 0 spiro atoms. The van der Waals surface area contributed by atoms with Crippen LogP contribution in [-0.2, 0) is 16.0 Å². The summed E-state index contributed by atoms with van der Waals surface area (Å²) in [6, 6.07) is 10.4. The van der Waals surface area contributed by atoms with Crippen LogP contribution in [0, 0.1) is 6.92 Å². The minimum Gasteiger partial charge on any atom is -0.330 e. The first kappa shape index (κ1) is 20.3. The van der Waals surface area contributed by atoms with E-state index in [-0.39, 0.29) is 24.4 Å². The van der Waals surface area contributed by atoms with Crippen LogP contribution in [-0.4, -0.2) is 41.2 Å². The Morgan fingerprint density at radius 3 is 2.71 bits per heavy atom. The van der Waals surface area contributed by atoms with Gasteiger partial charge in [-0.2, -0.15) is 0 Å². The van der Waals surface area contributed by atoms with Crippen LogP contribution in [0.5, 0.6) is 0 Å². The molecule has 1 aromatic heterocycles. The first-order chi connectivity index (χ1) is 13.5. The van der Waals surface area contributed by atoms with E-state index in [0.29, 0.717) is 19.5 Å². The van der Waals surface area contributed by atoms with Crippen molar-refractivity contribution in [2.24, 2.45) is 0 Å². The summed E-state index contributed by atoms with van der Waals surface area (Å²) in [5, 5.41) is 2.11. The molecule has 1 aliphatic heterocycles. The zero-order valence-corrected chi connectivity index (χ0v) is 17.5. The summed E-state index contributed by atoms with van der Waals surface area (Å²) < 4.78 is 0. The van der Waals surface area contributed by atoms with Gasteiger partial charge in [-0.15, -0.1) is 17.9 Å². The number of carbonyl (C=O) groups excluding carboxylic acids is 2. The van der Waals surface area contributed by atoms with E-state index in [1.807, 2.05) is 11.8 Å². The van der Waals surface area contributed by atoms with Gasteiger partial charge in [-0.25, -0.2) is 0 Å². The highest BCUT2D eigenvalue weighted by atomic mass is 32.1. The fraction of sp³-hybridized carbons (Fsp3) is 0.391. The molecule has 1 atom stereocenters. The van der Waals surface area contributed by atoms with Crippen molar-refractivity contribution in [2.75, 3.05) is 19.6 Å². The Morgan fingerprint density at radius 1 is 1.29 bits per heavy atom. The summed E-state index contributed by atoms with van der Waals surface area (Å²) in [4.78, 5) is 30.6. The van der Waals surface area contributed by atoms with Crippen molar-refractivity contribution in [1.29, 1.82) is 0 Å². The van der Waals surface area contributed by atoms with Gasteiger partial charge in [0, 0.05) is 24.4 Å². The Hall–Kier alpha value is -2.40. The Labute approximate surface area is 171 Å². The Morgan fingerprint density at radius 2 is 2.04 bits per heavy atom. The largest absolute Gasteiger partial charge is 0.330 e. The molecule has 1 aliphatic rings. The molecule has 4 nitrogen and oxygen atoms in total. The van der Waals surface area contributed by atoms with Crippen molar-refractivity contribution in [3.8, 4) is 0 Å². The maximum absolute atomic E-state index is 13.3. The Kier molecular flexibility index (Phi) is 6.68. The maximum Gasteiger partial charge on any atom is 0.243 e. The van der Waals surface area contributed by atoms with Crippen LogP contribution < -0.4 is 0 Å². The molecule has 0 unspecified atom stereocenters. The molecule has 0 bridgehead atoms. The SMILES string of the molecule is C=CCN(CC(=O)N1CCc2sccc2[C@H]1c1ccc(C)cc1)C(=O)CCC. The second kappa shape index (κ2) is 9.20. The van der Waals surface area contributed by atoms with Crippen molar-refractivity contribution >= 4 is 23.2 Å². The summed E-state index contributed by atoms with van der Waals surface area (Å²) in [6.45, 7) is 8.96. The zero-order valence-electron chi connectivity index (χ0n) is 16.7. The topological polar surface area (TPSA) is 40.6 Å². The minimum atomic E-state index is -0.0880. The molecular formula is C23H28N2O2S. The third kappa shape index (κ3) is 4.36. The van der Waals surface area contributed by atoms with E-state index in [1.165, 1.54) is 16.0 Å². The van der Waals surface area contributed by atoms with Gasteiger partial charge in [0.2, 0.25) is 11.8 Å². The van der Waals surface area contributed by atoms with Gasteiger partial charge in [0.25, 0.3) is 0 Å². The molecule has 0 saturated heterocycles. The standard InChI is InChI=1S/C23H28N2O2S/c1-4-6-21(26)24(13-5-2)16-22(27)25-14-11-20-19(12-15-28-20)23(25)18-9-7-17(3)8-10-18/h5,7-10,12,15,23H,2,4,6,11,13-14,16H2,1,3H3/t23-/m1/s1. The fourth-order valence-corrected chi connectivity index (χ4v) is 4.63. The molecule has 28 heavy (non-hydrogen) atoms. The normalized spacial score (nSPS) is 15.8. The first-order valence-electron chi connectivity index (χ1n) is 9.86. The lowest BCUT2D eigenvalue weighted by molar-refractivity contribution is -0.141. The first-order valence-corrected chi connectivity index (χ1v) is 10.7. The molecular weight excluding hydrogens is 368 g/mol. The number of nitrogens with zero attached hydrogens (tertiary/aromatic N) is 2. The van der Waals surface area contributed by atoms with Crippen molar-refractivity contribution in [3.63, 3.8) is 0 Å². The predicted molar refractivity (Wildman–Crippen MR) is 114 cm³/mol. The molecule has 0 saturated carbocycles. The average molecular weight is 397 g/mol. The number of hydrogen-bond acceptors (Lipinski definition) is 3. The number of thiophene rings is 1. The van der Waals surface area contributed by atoms with E-state index >= 15 is 0 Å². The van der Waals surface area contributed by atoms with E-state index in [1.54, 1.807) is 22.3 Å². The second-order valence-corrected chi connectivity index (χ2v) is 8.26. The third-order valence-corrected chi connectivity index (χ3v) is 6.17. The van der Waals surface area contributed by atoms with Gasteiger partial charge < -0.3 is 9.80 Å². The van der Waals surface area contributed by atoms with E-state index < -0.39 is 0 Å². The predicted octanol–water partition coefficient (Wildman–Crippen LogP) is 4.35. The molecule has 2 amide bonds. The van der Waals surface area contributed by atoms with Gasteiger partial charge in [-0.1, -0.05) is 42.8 Å². The number of amides is 2. The third-order valence-electron chi connectivity index (χ3n) is 5.17. The molecule has 0 aliphatic carbocycles. The van der Waals surface area contributed by atoms with Crippen LogP contribution >= 0.6 is 11.3 Å². The summed E-state index contributed by atoms with van der Waals surface area (Å²) in [5.74, 6) is 0.00426. The monoisotopic (exact) mass is 396 g/mol. The van der Waals surface area contributed by atoms with Crippen LogP contribution in [0.25, 0.3) is 0 Å². The summed E-state index contributed by atoms with van der Waals surface area (Å²) >= 11 is 1.76. The van der Waals surface area contributed by atoms with Gasteiger partial charge in [-0.05, 0) is 42.3 Å². The molecule has 2 aromatic rings. The average Bonchev–Trinajstić information content (AvgIpc) is 3.16. The van der Waals surface area contributed by atoms with E-state index in [2.05, 4.69) is 49.2 Å². The maximum atomic E-state index is 13.3. The fourth-order valence-electron chi connectivity index (χ4n) is 3.73. The van der Waals surface area contributed by atoms with Gasteiger partial charge in [0.1, 0.15) is 6.54 Å². The highest BCUT2D eigenvalue weighted by Gasteiger charge is 2.33. The lowest BCUT2D eigenvalue weighted by atomic mass is 9.92. The zero-order chi connectivity index (χ0) is 20.1. The highest BCUT2D eigenvalue weighted by molar-refractivity contribution is 7.10. The summed E-state index contributed by atoms with van der Waals surface area (Å²) in [6.07, 6.45) is 3.78. The van der Waals surface area contributed by atoms with Gasteiger partial charge in [-0.3, -0.25) is 9.59 Å². The summed E-state index contributed by atoms with van der Waals surface area (Å²) in [7, 11) is 0. The van der Waals surface area contributed by atoms with Crippen molar-refractivity contribution in [1.82, 2.24) is 9.80 Å². The van der Waals surface area contributed by atoms with Crippen LogP contribution in [0.1, 0.15) is 47.4 Å². The number of rotatable bonds is 7. The number of benzene rings is 1. The molecule has 1 aromatic carbocycles. The molecule has 0 N–H and O–H groups in total. The molecule has 2 heterocycles. The number of aryl methyl sites for hydroxylation is 1. The van der Waals surface area contributed by atoms with Crippen molar-refractivity contribution < 1.29 is 9.59 Å². The summed E-state index contributed by atoms with van der Waals surface area (Å²) in [5.41, 5.74) is 3.53. The van der Waals surface area contributed by atoms with E-state index in [4.69, 9.17) is 0 Å². The second-order valence-electron chi connectivity index (χ2n) is 7.26. The van der Waals surface area contributed by atoms with Crippen molar-refractivity contribution in [3.05, 3.63) is 69.9 Å². The Bertz CT molecular complexity index is 841. The molecule has 5 heteroatoms. The van der Waals surface area contributed by atoms with Gasteiger partial charge in [0.05, 0.1) is 6.04 Å². The van der Waals surface area contributed by atoms with Crippen LogP contribution in [0.2, 0.25) is 0 Å². The highest BCUT2D eigenvalue weighted by Crippen LogP contribution is 2.37. The van der Waals surface area contributed by atoms with Crippen LogP contribution in [0.4, 0.5) is 0 Å². The molecule has 148 valence electrons. The van der Waals surface area contributed by atoms with Crippen LogP contribution in [0.3, 0.4) is 0 Å². The molecule has 0 radical (unpaired) electrons. The Balaban J connectivity index is 1.87. The van der Waals surface area contributed by atoms with E-state index in [9.17, 15) is 9.59 Å². The lowest BCUT2D eigenvalue weighted by Gasteiger charge is -2.37. The quantitative estimate of drug-likeness (QED) is 0.653. The van der Waals surface area contributed by atoms with Crippen molar-refractivity contribution in [2.45, 2.75) is 39.2 Å². The van der Waals surface area contributed by atoms with Gasteiger partial charge >= 0.3 is 0 Å². The van der Waals surface area contributed by atoms with Gasteiger partial charge in [0.15, 0.2) is 0 Å². The minimum absolute atomic E-state index is 0.00581. The number of hydrogen-bond donors (Lipinski definition) is 0. The number of carbonyl (C=O) groups is 2. The number of fused-ring (bicyclic) bond motifs is 1. The smallest absolute Gasteiger partial charge is 0.243 e. The molecule has 0 fully saturated rings. The lowest BCUT2D eigenvalue weighted by Crippen LogP contribution is -2.46.